The molecule has 12 heavy (non-hydrogen) atoms. The Bertz CT molecular complexity index is 249. The summed E-state index contributed by atoms with van der Waals surface area (Å²) in [7, 11) is 0. The summed E-state index contributed by atoms with van der Waals surface area (Å²) in [5, 5.41) is 0. The van der Waals surface area contributed by atoms with Gasteiger partial charge >= 0.3 is 0 Å². The van der Waals surface area contributed by atoms with E-state index in [1.165, 1.54) is 5.57 Å². The van der Waals surface area contributed by atoms with Gasteiger partial charge in [0.15, 0.2) is 0 Å². The predicted molar refractivity (Wildman–Crippen MR) is 50.6 cm³/mol. The number of hydrogen-bond acceptors (Lipinski definition) is 2. The third-order valence-electron chi connectivity index (χ3n) is 2.04. The van der Waals surface area contributed by atoms with Crippen LogP contribution in [0.15, 0.2) is 28.4 Å². The molecule has 0 aliphatic carbocycles. The van der Waals surface area contributed by atoms with Gasteiger partial charge in [0.2, 0.25) is 0 Å². The standard InChI is InChI=1S/C10H15NO/c1-8(9(2)7-11)6-10-4-3-5-12-10/h3-6,9H,7,11H2,1-2H3/b8-6+. The molecule has 1 rings (SSSR count). The highest BCUT2D eigenvalue weighted by Gasteiger charge is 2.01. The lowest BCUT2D eigenvalue weighted by Gasteiger charge is -2.07. The van der Waals surface area contributed by atoms with Crippen LogP contribution >= 0.6 is 0 Å². The van der Waals surface area contributed by atoms with E-state index >= 15 is 0 Å². The summed E-state index contributed by atoms with van der Waals surface area (Å²) in [4.78, 5) is 0. The van der Waals surface area contributed by atoms with E-state index in [0.29, 0.717) is 12.5 Å². The first-order valence-corrected chi connectivity index (χ1v) is 4.16. The third kappa shape index (κ3) is 2.24. The molecule has 0 aliphatic heterocycles. The van der Waals surface area contributed by atoms with Crippen molar-refractivity contribution in [3.63, 3.8) is 0 Å². The maximum atomic E-state index is 5.53. The van der Waals surface area contributed by atoms with Gasteiger partial charge < -0.3 is 10.2 Å². The quantitative estimate of drug-likeness (QED) is 0.746. The van der Waals surface area contributed by atoms with Gasteiger partial charge in [-0.3, -0.25) is 0 Å². The Morgan fingerprint density at radius 3 is 3.00 bits per heavy atom. The minimum atomic E-state index is 0.426. The summed E-state index contributed by atoms with van der Waals surface area (Å²) in [6, 6.07) is 3.82. The Kier molecular flexibility index (Phi) is 3.11. The van der Waals surface area contributed by atoms with Crippen LogP contribution in [-0.2, 0) is 0 Å². The minimum Gasteiger partial charge on any atom is -0.465 e. The van der Waals surface area contributed by atoms with Crippen molar-refractivity contribution in [3.05, 3.63) is 29.7 Å². The SMILES string of the molecule is C/C(=C\c1ccco1)C(C)CN. The zero-order chi connectivity index (χ0) is 8.97. The molecular weight excluding hydrogens is 150 g/mol. The van der Waals surface area contributed by atoms with E-state index in [1.54, 1.807) is 6.26 Å². The Hall–Kier alpha value is -1.02. The van der Waals surface area contributed by atoms with Crippen molar-refractivity contribution in [3.8, 4) is 0 Å². The molecule has 0 aromatic carbocycles. The predicted octanol–water partition coefficient (Wildman–Crippen LogP) is 2.28. The van der Waals surface area contributed by atoms with Crippen molar-refractivity contribution in [2.45, 2.75) is 13.8 Å². The molecule has 1 aromatic rings. The highest BCUT2D eigenvalue weighted by molar-refractivity contribution is 5.46. The lowest BCUT2D eigenvalue weighted by molar-refractivity contribution is 0.555. The first kappa shape index (κ1) is 9.07. The molecule has 0 fully saturated rings. The van der Waals surface area contributed by atoms with E-state index in [9.17, 15) is 0 Å². The fourth-order valence-electron chi connectivity index (χ4n) is 0.926. The molecule has 1 aromatic heterocycles. The molecule has 2 N–H and O–H groups in total. The summed E-state index contributed by atoms with van der Waals surface area (Å²) < 4.78 is 5.18. The van der Waals surface area contributed by atoms with Crippen molar-refractivity contribution in [2.75, 3.05) is 6.54 Å². The van der Waals surface area contributed by atoms with Gasteiger partial charge in [0, 0.05) is 0 Å². The monoisotopic (exact) mass is 165 g/mol. The molecule has 0 saturated heterocycles. The molecule has 1 atom stereocenters. The van der Waals surface area contributed by atoms with Crippen LogP contribution in [0.1, 0.15) is 19.6 Å². The molecule has 0 spiro atoms. The third-order valence-corrected chi connectivity index (χ3v) is 2.04. The average molecular weight is 165 g/mol. The van der Waals surface area contributed by atoms with Gasteiger partial charge in [0.25, 0.3) is 0 Å². The van der Waals surface area contributed by atoms with Gasteiger partial charge in [-0.15, -0.1) is 0 Å². The highest BCUT2D eigenvalue weighted by Crippen LogP contribution is 2.13. The van der Waals surface area contributed by atoms with Crippen molar-refractivity contribution >= 4 is 6.08 Å². The van der Waals surface area contributed by atoms with Gasteiger partial charge in [-0.05, 0) is 37.6 Å². The van der Waals surface area contributed by atoms with Crippen molar-refractivity contribution in [2.24, 2.45) is 11.7 Å². The van der Waals surface area contributed by atoms with Crippen molar-refractivity contribution in [1.29, 1.82) is 0 Å². The Morgan fingerprint density at radius 1 is 1.75 bits per heavy atom. The largest absolute Gasteiger partial charge is 0.465 e. The number of hydrogen-bond donors (Lipinski definition) is 1. The van der Waals surface area contributed by atoms with Crippen LogP contribution in [-0.4, -0.2) is 6.54 Å². The van der Waals surface area contributed by atoms with Gasteiger partial charge in [-0.1, -0.05) is 12.5 Å². The molecule has 2 nitrogen and oxygen atoms in total. The maximum absolute atomic E-state index is 5.53. The second-order valence-electron chi connectivity index (χ2n) is 3.04. The molecule has 0 aliphatic rings. The smallest absolute Gasteiger partial charge is 0.126 e. The second kappa shape index (κ2) is 4.12. The fourth-order valence-corrected chi connectivity index (χ4v) is 0.926. The zero-order valence-corrected chi connectivity index (χ0v) is 7.58. The molecule has 1 heterocycles. The van der Waals surface area contributed by atoms with Gasteiger partial charge in [-0.2, -0.15) is 0 Å². The summed E-state index contributed by atoms with van der Waals surface area (Å²) in [5.41, 5.74) is 6.79. The highest BCUT2D eigenvalue weighted by atomic mass is 16.3. The topological polar surface area (TPSA) is 39.2 Å². The van der Waals surface area contributed by atoms with Crippen LogP contribution in [0.2, 0.25) is 0 Å². The maximum Gasteiger partial charge on any atom is 0.126 e. The number of furan rings is 1. The van der Waals surface area contributed by atoms with Crippen LogP contribution in [0, 0.1) is 5.92 Å². The van der Waals surface area contributed by atoms with Gasteiger partial charge in [-0.25, -0.2) is 0 Å². The molecule has 0 saturated carbocycles. The molecular formula is C10H15NO. The second-order valence-corrected chi connectivity index (χ2v) is 3.04. The zero-order valence-electron chi connectivity index (χ0n) is 7.58. The summed E-state index contributed by atoms with van der Waals surface area (Å²) >= 11 is 0. The van der Waals surface area contributed by atoms with E-state index in [1.807, 2.05) is 18.2 Å². The Labute approximate surface area is 73.1 Å². The minimum absolute atomic E-state index is 0.426. The van der Waals surface area contributed by atoms with E-state index in [-0.39, 0.29) is 0 Å². The summed E-state index contributed by atoms with van der Waals surface area (Å²) in [5.74, 6) is 1.32. The van der Waals surface area contributed by atoms with Crippen molar-refractivity contribution < 1.29 is 4.42 Å². The number of rotatable bonds is 3. The van der Waals surface area contributed by atoms with Crippen LogP contribution in [0.25, 0.3) is 6.08 Å². The summed E-state index contributed by atoms with van der Waals surface area (Å²) in [6.45, 7) is 4.86. The molecule has 0 radical (unpaired) electrons. The van der Waals surface area contributed by atoms with E-state index < -0.39 is 0 Å². The lowest BCUT2D eigenvalue weighted by atomic mass is 10.0. The summed E-state index contributed by atoms with van der Waals surface area (Å²) in [6.07, 6.45) is 3.70. The Morgan fingerprint density at radius 2 is 2.50 bits per heavy atom. The first-order chi connectivity index (χ1) is 5.74. The van der Waals surface area contributed by atoms with Crippen LogP contribution in [0.5, 0.6) is 0 Å². The van der Waals surface area contributed by atoms with Crippen molar-refractivity contribution in [1.82, 2.24) is 0 Å². The molecule has 0 bridgehead atoms. The van der Waals surface area contributed by atoms with Crippen LogP contribution < -0.4 is 5.73 Å². The average Bonchev–Trinajstić information content (AvgIpc) is 2.55. The van der Waals surface area contributed by atoms with Crippen LogP contribution in [0.3, 0.4) is 0 Å². The molecule has 66 valence electrons. The molecule has 0 amide bonds. The van der Waals surface area contributed by atoms with Gasteiger partial charge in [0.05, 0.1) is 6.26 Å². The molecule has 2 heteroatoms. The van der Waals surface area contributed by atoms with Gasteiger partial charge in [0.1, 0.15) is 5.76 Å². The molecule has 1 unspecified atom stereocenters. The van der Waals surface area contributed by atoms with Crippen LogP contribution in [0.4, 0.5) is 0 Å². The Balaban J connectivity index is 2.69. The normalized spacial score (nSPS) is 14.8. The first-order valence-electron chi connectivity index (χ1n) is 4.16. The fraction of sp³-hybridized carbons (Fsp3) is 0.400. The van der Waals surface area contributed by atoms with E-state index in [2.05, 4.69) is 13.8 Å². The van der Waals surface area contributed by atoms with E-state index in [0.717, 1.165) is 5.76 Å². The lowest BCUT2D eigenvalue weighted by Crippen LogP contribution is -2.11. The number of nitrogens with two attached hydrogens (primary N) is 1. The van der Waals surface area contributed by atoms with E-state index in [4.69, 9.17) is 10.2 Å².